The number of ether oxygens (including phenoxy) is 1. The van der Waals surface area contributed by atoms with Crippen LogP contribution in [0.1, 0.15) is 19.3 Å². The summed E-state index contributed by atoms with van der Waals surface area (Å²) in [7, 11) is 3.54. The molecule has 2 aromatic heterocycles. The van der Waals surface area contributed by atoms with Gasteiger partial charge in [-0.25, -0.2) is 9.37 Å². The summed E-state index contributed by atoms with van der Waals surface area (Å²) >= 11 is 0. The standard InChI is InChI=1S/C24H29FN6O2/c1-30(21-10-17-4-6-19(29-17)24(21)25)23-13-26-20(12-27-23)18-5-3-15(9-22(18)32)16-11-28-31(14-16)7-8-33-2/h3,5,9,11-14,17,19,21,24,29,32H,4,6-8,10H2,1-2H3/t17?,19?,21-,24+/m0/s1. The number of alkyl halides is 1. The van der Waals surface area contributed by atoms with E-state index in [4.69, 9.17) is 4.74 Å². The molecule has 2 bridgehead atoms. The van der Waals surface area contributed by atoms with E-state index >= 15 is 0 Å². The predicted molar refractivity (Wildman–Crippen MR) is 124 cm³/mol. The highest BCUT2D eigenvalue weighted by atomic mass is 19.1. The van der Waals surface area contributed by atoms with E-state index < -0.39 is 6.17 Å². The van der Waals surface area contributed by atoms with E-state index in [2.05, 4.69) is 20.4 Å². The molecular weight excluding hydrogens is 423 g/mol. The zero-order chi connectivity index (χ0) is 22.9. The number of aromatic nitrogens is 4. The minimum Gasteiger partial charge on any atom is -0.507 e. The van der Waals surface area contributed by atoms with Crippen LogP contribution < -0.4 is 10.2 Å². The maximum atomic E-state index is 14.9. The van der Waals surface area contributed by atoms with Crippen LogP contribution >= 0.6 is 0 Å². The second kappa shape index (κ2) is 9.07. The Bertz CT molecular complexity index is 1100. The Balaban J connectivity index is 1.31. The molecule has 0 spiro atoms. The fourth-order valence-corrected chi connectivity index (χ4v) is 4.91. The van der Waals surface area contributed by atoms with Crippen LogP contribution in [0.5, 0.6) is 5.75 Å². The van der Waals surface area contributed by atoms with Crippen LogP contribution in [-0.2, 0) is 11.3 Å². The van der Waals surface area contributed by atoms with Crippen molar-refractivity contribution < 1.29 is 14.2 Å². The van der Waals surface area contributed by atoms with Crippen LogP contribution in [0.3, 0.4) is 0 Å². The summed E-state index contributed by atoms with van der Waals surface area (Å²) in [5.41, 5.74) is 2.93. The first-order chi connectivity index (χ1) is 16.0. The Hall–Kier alpha value is -3.04. The van der Waals surface area contributed by atoms with E-state index in [0.29, 0.717) is 36.3 Å². The van der Waals surface area contributed by atoms with E-state index in [0.717, 1.165) is 30.4 Å². The highest BCUT2D eigenvalue weighted by Crippen LogP contribution is 2.35. The highest BCUT2D eigenvalue weighted by Gasteiger charge is 2.43. The Labute approximate surface area is 192 Å². The molecule has 9 heteroatoms. The summed E-state index contributed by atoms with van der Waals surface area (Å²) in [6.07, 6.45) is 8.73. The lowest BCUT2D eigenvalue weighted by Crippen LogP contribution is -2.55. The third kappa shape index (κ3) is 4.30. The Kier molecular flexibility index (Phi) is 5.99. The van der Waals surface area contributed by atoms with Gasteiger partial charge in [-0.15, -0.1) is 0 Å². The van der Waals surface area contributed by atoms with Crippen LogP contribution in [-0.4, -0.2) is 69.9 Å². The number of halogens is 1. The fraction of sp³-hybridized carbons (Fsp3) is 0.458. The van der Waals surface area contributed by atoms with Gasteiger partial charge in [-0.1, -0.05) is 6.07 Å². The molecule has 8 nitrogen and oxygen atoms in total. The van der Waals surface area contributed by atoms with E-state index in [9.17, 15) is 9.50 Å². The molecule has 0 amide bonds. The van der Waals surface area contributed by atoms with Gasteiger partial charge >= 0.3 is 0 Å². The SMILES string of the molecule is COCCn1cc(-c2ccc(-c3cnc(N(C)[C@H]4CC5CCC(N5)[C@H]4F)cn3)c(O)c2)cn1. The second-order valence-corrected chi connectivity index (χ2v) is 8.88. The average Bonchev–Trinajstić information content (AvgIpc) is 3.47. The third-order valence-electron chi connectivity index (χ3n) is 6.82. The highest BCUT2D eigenvalue weighted by molar-refractivity contribution is 5.73. The van der Waals surface area contributed by atoms with Crippen LogP contribution in [0, 0.1) is 0 Å². The van der Waals surface area contributed by atoms with Crippen LogP contribution in [0.15, 0.2) is 43.0 Å². The van der Waals surface area contributed by atoms with Gasteiger partial charge in [-0.2, -0.15) is 5.10 Å². The lowest BCUT2D eigenvalue weighted by molar-refractivity contribution is 0.176. The van der Waals surface area contributed by atoms with Crippen LogP contribution in [0.4, 0.5) is 10.2 Å². The first kappa shape index (κ1) is 21.8. The minimum absolute atomic E-state index is 0.0639. The second-order valence-electron chi connectivity index (χ2n) is 8.88. The van der Waals surface area contributed by atoms with E-state index in [1.807, 2.05) is 30.3 Å². The quantitative estimate of drug-likeness (QED) is 0.570. The molecule has 3 aromatic rings. The molecule has 4 heterocycles. The van der Waals surface area contributed by atoms with Crippen molar-refractivity contribution in [2.45, 2.75) is 50.1 Å². The summed E-state index contributed by atoms with van der Waals surface area (Å²) < 4.78 is 21.8. The molecule has 2 saturated heterocycles. The summed E-state index contributed by atoms with van der Waals surface area (Å²) in [5.74, 6) is 0.749. The monoisotopic (exact) mass is 452 g/mol. The van der Waals surface area contributed by atoms with Crippen molar-refractivity contribution in [3.63, 3.8) is 0 Å². The number of nitrogens with one attached hydrogen (secondary N) is 1. The van der Waals surface area contributed by atoms with Crippen molar-refractivity contribution in [2.75, 3.05) is 25.7 Å². The molecule has 2 N–H and O–H groups in total. The molecule has 0 saturated carbocycles. The molecule has 1 aromatic carbocycles. The summed E-state index contributed by atoms with van der Waals surface area (Å²) in [6, 6.07) is 5.56. The van der Waals surface area contributed by atoms with Crippen LogP contribution in [0.25, 0.3) is 22.4 Å². The van der Waals surface area contributed by atoms with Gasteiger partial charge in [-0.3, -0.25) is 9.67 Å². The van der Waals surface area contributed by atoms with E-state index in [1.54, 1.807) is 36.4 Å². The fourth-order valence-electron chi connectivity index (χ4n) is 4.91. The first-order valence-corrected chi connectivity index (χ1v) is 11.3. The minimum atomic E-state index is -0.925. The number of piperidine rings is 1. The van der Waals surface area contributed by atoms with E-state index in [1.165, 1.54) is 0 Å². The number of nitrogens with zero attached hydrogens (tertiary/aromatic N) is 5. The molecule has 4 atom stereocenters. The Morgan fingerprint density at radius 2 is 2.09 bits per heavy atom. The van der Waals surface area contributed by atoms with Crippen molar-refractivity contribution in [1.82, 2.24) is 25.1 Å². The molecule has 2 unspecified atom stereocenters. The van der Waals surface area contributed by atoms with Gasteiger partial charge in [-0.05, 0) is 37.0 Å². The van der Waals surface area contributed by atoms with Gasteiger partial charge in [0.25, 0.3) is 0 Å². The number of hydrogen-bond acceptors (Lipinski definition) is 7. The molecular formula is C24H29FN6O2. The predicted octanol–water partition coefficient (Wildman–Crippen LogP) is 3.03. The van der Waals surface area contributed by atoms with Gasteiger partial charge in [0.1, 0.15) is 17.7 Å². The first-order valence-electron chi connectivity index (χ1n) is 11.3. The van der Waals surface area contributed by atoms with Crippen molar-refractivity contribution in [2.24, 2.45) is 0 Å². The molecule has 0 aliphatic carbocycles. The summed E-state index contributed by atoms with van der Waals surface area (Å²) in [4.78, 5) is 10.9. The third-order valence-corrected chi connectivity index (χ3v) is 6.82. The number of phenolic OH excluding ortho intramolecular Hbond substituents is 1. The molecule has 2 fully saturated rings. The number of methoxy groups -OCH3 is 1. The average molecular weight is 453 g/mol. The summed E-state index contributed by atoms with van der Waals surface area (Å²) in [6.45, 7) is 1.25. The van der Waals surface area contributed by atoms with E-state index in [-0.39, 0.29) is 17.8 Å². The molecule has 2 aliphatic heterocycles. The molecule has 0 radical (unpaired) electrons. The van der Waals surface area contributed by atoms with Crippen molar-refractivity contribution >= 4 is 5.82 Å². The van der Waals surface area contributed by atoms with Gasteiger partial charge in [0.2, 0.25) is 0 Å². The zero-order valence-electron chi connectivity index (χ0n) is 18.9. The number of anilines is 1. The Morgan fingerprint density at radius 3 is 2.85 bits per heavy atom. The maximum Gasteiger partial charge on any atom is 0.147 e. The number of benzene rings is 1. The number of phenols is 1. The van der Waals surface area contributed by atoms with Crippen molar-refractivity contribution in [1.29, 1.82) is 0 Å². The molecule has 174 valence electrons. The normalized spacial score (nSPS) is 24.2. The van der Waals surface area contributed by atoms with Gasteiger partial charge in [0.15, 0.2) is 0 Å². The maximum absolute atomic E-state index is 14.9. The molecule has 2 aliphatic rings. The van der Waals surface area contributed by atoms with Gasteiger partial charge in [0.05, 0.1) is 43.5 Å². The topological polar surface area (TPSA) is 88.3 Å². The largest absolute Gasteiger partial charge is 0.507 e. The summed E-state index contributed by atoms with van der Waals surface area (Å²) in [5, 5.41) is 18.3. The van der Waals surface area contributed by atoms with Crippen molar-refractivity contribution in [3.05, 3.63) is 43.0 Å². The number of hydrogen-bond donors (Lipinski definition) is 2. The number of aromatic hydroxyl groups is 1. The number of rotatable bonds is 7. The zero-order valence-corrected chi connectivity index (χ0v) is 18.9. The van der Waals surface area contributed by atoms with Gasteiger partial charge in [0, 0.05) is 43.6 Å². The van der Waals surface area contributed by atoms with Crippen LogP contribution in [0.2, 0.25) is 0 Å². The van der Waals surface area contributed by atoms with Crippen molar-refractivity contribution in [3.8, 4) is 28.1 Å². The Morgan fingerprint density at radius 1 is 1.21 bits per heavy atom. The lowest BCUT2D eigenvalue weighted by atomic mass is 9.96. The molecule has 33 heavy (non-hydrogen) atoms. The lowest BCUT2D eigenvalue weighted by Gasteiger charge is -2.38. The molecule has 5 rings (SSSR count). The van der Waals surface area contributed by atoms with Gasteiger partial charge < -0.3 is 20.1 Å². The number of fused-ring (bicyclic) bond motifs is 2. The smallest absolute Gasteiger partial charge is 0.147 e.